The predicted octanol–water partition coefficient (Wildman–Crippen LogP) is -1.20. The quantitative estimate of drug-likeness (QED) is 0.0757. The molecule has 2 aromatic carbocycles. The summed E-state index contributed by atoms with van der Waals surface area (Å²) >= 11 is 0. The molecule has 0 aromatic heterocycles. The van der Waals surface area contributed by atoms with Gasteiger partial charge < -0.3 is 79.1 Å². The van der Waals surface area contributed by atoms with Gasteiger partial charge in [-0.15, -0.1) is 0 Å². The first-order chi connectivity index (χ1) is 26.8. The van der Waals surface area contributed by atoms with Gasteiger partial charge in [-0.05, 0) is 48.7 Å². The Bertz CT molecular complexity index is 1640. The first-order valence-electron chi connectivity index (χ1n) is 18.0. The van der Waals surface area contributed by atoms with Gasteiger partial charge in [0.05, 0.1) is 38.1 Å². The zero-order chi connectivity index (χ0) is 40.5. The van der Waals surface area contributed by atoms with Gasteiger partial charge in [0.2, 0.25) is 6.29 Å². The van der Waals surface area contributed by atoms with Gasteiger partial charge in [-0.1, -0.05) is 30.3 Å². The lowest BCUT2D eigenvalue weighted by molar-refractivity contribution is -0.327. The number of rotatable bonds is 15. The number of allylic oxidation sites excluding steroid dienone is 1. The number of phenolic OH excluding ortho intramolecular Hbond substituents is 2. The second-order valence-electron chi connectivity index (χ2n) is 13.5. The van der Waals surface area contributed by atoms with Crippen LogP contribution in [0.3, 0.4) is 0 Å². The van der Waals surface area contributed by atoms with E-state index in [2.05, 4.69) is 0 Å². The van der Waals surface area contributed by atoms with Crippen molar-refractivity contribution in [1.29, 1.82) is 0 Å². The number of benzene rings is 2. The number of aliphatic hydroxyl groups excluding tert-OH is 7. The molecular weight excluding hydrogens is 744 g/mol. The van der Waals surface area contributed by atoms with Crippen LogP contribution in [-0.2, 0) is 55.6 Å². The van der Waals surface area contributed by atoms with Crippen molar-refractivity contribution < 1.29 is 88.7 Å². The number of phenols is 2. The van der Waals surface area contributed by atoms with Crippen LogP contribution in [0.25, 0.3) is 0 Å². The summed E-state index contributed by atoms with van der Waals surface area (Å²) < 4.78 is 39.2. The van der Waals surface area contributed by atoms with Gasteiger partial charge in [0.25, 0.3) is 0 Å². The number of hydrogen-bond donors (Lipinski definition) is 9. The van der Waals surface area contributed by atoms with Crippen LogP contribution in [-0.4, -0.2) is 152 Å². The van der Waals surface area contributed by atoms with Crippen LogP contribution in [0.5, 0.6) is 11.5 Å². The molecule has 3 heterocycles. The lowest BCUT2D eigenvalue weighted by atomic mass is 9.86. The van der Waals surface area contributed by atoms with Gasteiger partial charge in [0.1, 0.15) is 66.9 Å². The fourth-order valence-corrected chi connectivity index (χ4v) is 6.36. The number of ether oxygens (including phenoxy) is 7. The van der Waals surface area contributed by atoms with E-state index < -0.39 is 105 Å². The van der Waals surface area contributed by atoms with Crippen molar-refractivity contribution in [2.24, 2.45) is 5.92 Å². The van der Waals surface area contributed by atoms with Crippen LogP contribution >= 0.6 is 0 Å². The van der Waals surface area contributed by atoms with Gasteiger partial charge >= 0.3 is 11.9 Å². The van der Waals surface area contributed by atoms with E-state index in [-0.39, 0.29) is 42.3 Å². The van der Waals surface area contributed by atoms with Crippen molar-refractivity contribution in [1.82, 2.24) is 0 Å². The Balaban J connectivity index is 1.26. The van der Waals surface area contributed by atoms with Crippen LogP contribution in [0.4, 0.5) is 0 Å². The third kappa shape index (κ3) is 10.6. The highest BCUT2D eigenvalue weighted by atomic mass is 16.8. The van der Waals surface area contributed by atoms with Crippen molar-refractivity contribution in [3.8, 4) is 11.5 Å². The average molecular weight is 793 g/mol. The molecule has 0 saturated carbocycles. The van der Waals surface area contributed by atoms with Gasteiger partial charge in [0.15, 0.2) is 12.6 Å². The minimum atomic E-state index is -1.79. The fraction of sp³-hybridized carbons (Fsp3) is 0.526. The second kappa shape index (κ2) is 19.8. The van der Waals surface area contributed by atoms with Crippen LogP contribution in [0.2, 0.25) is 0 Å². The summed E-state index contributed by atoms with van der Waals surface area (Å²) in [4.78, 5) is 26.9. The van der Waals surface area contributed by atoms with Crippen molar-refractivity contribution >= 4 is 11.9 Å². The third-order valence-corrected chi connectivity index (χ3v) is 9.66. The van der Waals surface area contributed by atoms with Crippen molar-refractivity contribution in [3.05, 3.63) is 83.1 Å². The molecule has 9 N–H and O–H groups in total. The first-order valence-corrected chi connectivity index (χ1v) is 18.0. The maximum atomic E-state index is 13.4. The van der Waals surface area contributed by atoms with Crippen LogP contribution in [0, 0.1) is 5.92 Å². The average Bonchev–Trinajstić information content (AvgIpc) is 3.19. The maximum Gasteiger partial charge on any atom is 0.337 e. The molecule has 56 heavy (non-hydrogen) atoms. The summed E-state index contributed by atoms with van der Waals surface area (Å²) in [6.07, 6.45) is -14.7. The van der Waals surface area contributed by atoms with Crippen molar-refractivity contribution in [3.63, 3.8) is 0 Å². The molecule has 18 nitrogen and oxygen atoms in total. The summed E-state index contributed by atoms with van der Waals surface area (Å²) in [6.45, 7) is 0.183. The first kappa shape index (κ1) is 43.0. The second-order valence-corrected chi connectivity index (χ2v) is 13.5. The highest BCUT2D eigenvalue weighted by Gasteiger charge is 2.48. The molecule has 5 rings (SSSR count). The molecule has 3 aliphatic heterocycles. The highest BCUT2D eigenvalue weighted by Crippen LogP contribution is 2.36. The summed E-state index contributed by atoms with van der Waals surface area (Å²) in [5.74, 6) is -2.74. The summed E-state index contributed by atoms with van der Waals surface area (Å²) in [5.41, 5.74) is 1.62. The van der Waals surface area contributed by atoms with E-state index in [1.165, 1.54) is 30.3 Å². The zero-order valence-corrected chi connectivity index (χ0v) is 30.4. The number of aromatic hydroxyl groups is 2. The SMILES string of the molecule is CC=C1C(OC2OC(CO)C(O)C(O)C2O)OC=C(C(=O)OCCc2ccc(O)cc2)C1CC(=O)OCC1OC(OCCc2ccc(O)cc2)C(O)C(O)C1O. The topological polar surface area (TPSA) is 281 Å². The molecule has 12 atom stereocenters. The van der Waals surface area contributed by atoms with Crippen molar-refractivity contribution in [2.45, 2.75) is 93.9 Å². The standard InChI is InChI=1S/C38H48O18/c1-2-23-24(15-28(42)52-18-27-30(44)32(46)33(47)37(55-27)51-14-12-20-5-9-22(41)10-6-20)25(35(49)50-13-11-19-3-7-21(40)8-4-19)17-53-36(23)56-38-34(48)31(45)29(43)26(16-39)54-38/h2-10,17,24,26-27,29-34,36-41,43-48H,11-16,18H2,1H3. The van der Waals surface area contributed by atoms with Gasteiger partial charge in [-0.25, -0.2) is 4.79 Å². The normalized spacial score (nSPS) is 32.6. The molecule has 0 amide bonds. The Morgan fingerprint density at radius 1 is 0.714 bits per heavy atom. The Kier molecular flexibility index (Phi) is 15.2. The van der Waals surface area contributed by atoms with E-state index in [9.17, 15) is 55.5 Å². The van der Waals surface area contributed by atoms with E-state index in [4.69, 9.17) is 33.2 Å². The molecule has 3 aliphatic rings. The molecule has 2 fully saturated rings. The summed E-state index contributed by atoms with van der Waals surface area (Å²) in [6, 6.07) is 12.6. The molecule has 2 saturated heterocycles. The predicted molar refractivity (Wildman–Crippen MR) is 188 cm³/mol. The van der Waals surface area contributed by atoms with E-state index in [0.29, 0.717) is 6.42 Å². The molecular formula is C38H48O18. The molecule has 18 heteroatoms. The number of hydrogen-bond acceptors (Lipinski definition) is 18. The molecule has 0 bridgehead atoms. The Morgan fingerprint density at radius 3 is 1.86 bits per heavy atom. The number of carbonyl (C=O) groups excluding carboxylic acids is 2. The third-order valence-electron chi connectivity index (χ3n) is 9.66. The van der Waals surface area contributed by atoms with E-state index in [0.717, 1.165) is 17.4 Å². The largest absolute Gasteiger partial charge is 0.508 e. The number of carbonyl (C=O) groups is 2. The lowest BCUT2D eigenvalue weighted by Gasteiger charge is -2.42. The van der Waals surface area contributed by atoms with Crippen LogP contribution in [0.1, 0.15) is 24.5 Å². The molecule has 0 spiro atoms. The van der Waals surface area contributed by atoms with E-state index >= 15 is 0 Å². The van der Waals surface area contributed by atoms with E-state index in [1.54, 1.807) is 31.2 Å². The summed E-state index contributed by atoms with van der Waals surface area (Å²) in [7, 11) is 0. The Labute approximate surface area is 321 Å². The smallest absolute Gasteiger partial charge is 0.337 e. The highest BCUT2D eigenvalue weighted by molar-refractivity contribution is 5.91. The molecule has 0 radical (unpaired) electrons. The van der Waals surface area contributed by atoms with Crippen molar-refractivity contribution in [2.75, 3.05) is 26.4 Å². The Hall–Kier alpha value is -4.18. The Morgan fingerprint density at radius 2 is 1.27 bits per heavy atom. The van der Waals surface area contributed by atoms with Gasteiger partial charge in [-0.3, -0.25) is 4.79 Å². The van der Waals surface area contributed by atoms with Gasteiger partial charge in [-0.2, -0.15) is 0 Å². The van der Waals surface area contributed by atoms with Crippen LogP contribution in [0.15, 0.2) is 72.0 Å². The molecule has 12 unspecified atom stereocenters. The molecule has 0 aliphatic carbocycles. The minimum absolute atomic E-state index is 0.0320. The van der Waals surface area contributed by atoms with E-state index in [1.807, 2.05) is 0 Å². The fourth-order valence-electron chi connectivity index (χ4n) is 6.36. The number of esters is 2. The lowest BCUT2D eigenvalue weighted by Crippen LogP contribution is -2.60. The zero-order valence-electron chi connectivity index (χ0n) is 30.4. The molecule has 308 valence electrons. The summed E-state index contributed by atoms with van der Waals surface area (Å²) in [5, 5.41) is 91.3. The molecule has 2 aromatic rings. The van der Waals surface area contributed by atoms with Gasteiger partial charge in [0, 0.05) is 17.9 Å². The monoisotopic (exact) mass is 792 g/mol. The minimum Gasteiger partial charge on any atom is -0.508 e. The number of aliphatic hydroxyl groups is 7. The maximum absolute atomic E-state index is 13.4. The van der Waals surface area contributed by atoms with Crippen LogP contribution < -0.4 is 0 Å².